The largest absolute Gasteiger partial charge is 0.492 e. The third-order valence-electron chi connectivity index (χ3n) is 3.52. The van der Waals surface area contributed by atoms with Crippen LogP contribution in [0.15, 0.2) is 18.3 Å². The van der Waals surface area contributed by atoms with Gasteiger partial charge in [-0.25, -0.2) is 0 Å². The number of hydrogen-bond acceptors (Lipinski definition) is 3. The first-order valence-electron chi connectivity index (χ1n) is 7.34. The van der Waals surface area contributed by atoms with E-state index in [9.17, 15) is 4.79 Å². The number of likely N-dealkylation sites (tertiary alicyclic amines) is 1. The number of amides is 1. The smallest absolute Gasteiger partial charge is 0.222 e. The number of rotatable bonds is 5. The van der Waals surface area contributed by atoms with E-state index in [4.69, 9.17) is 4.74 Å². The lowest BCUT2D eigenvalue weighted by Gasteiger charge is -2.18. The maximum Gasteiger partial charge on any atom is 0.222 e. The molecule has 20 heavy (non-hydrogen) atoms. The van der Waals surface area contributed by atoms with E-state index >= 15 is 0 Å². The molecule has 2 heterocycles. The molecule has 4 nitrogen and oxygen atoms in total. The van der Waals surface area contributed by atoms with Crippen LogP contribution in [0.3, 0.4) is 0 Å². The van der Waals surface area contributed by atoms with Gasteiger partial charge in [0.1, 0.15) is 5.75 Å². The molecular weight excluding hydrogens is 252 g/mol. The van der Waals surface area contributed by atoms with Crippen LogP contribution >= 0.6 is 0 Å². The fourth-order valence-corrected chi connectivity index (χ4v) is 2.30. The molecule has 0 spiro atoms. The van der Waals surface area contributed by atoms with Crippen LogP contribution in [0.25, 0.3) is 0 Å². The van der Waals surface area contributed by atoms with Crippen molar-refractivity contribution in [1.29, 1.82) is 0 Å². The number of nitrogens with zero attached hydrogens (tertiary/aromatic N) is 2. The van der Waals surface area contributed by atoms with Crippen molar-refractivity contribution in [3.8, 4) is 5.75 Å². The molecule has 1 aliphatic heterocycles. The second-order valence-corrected chi connectivity index (χ2v) is 6.32. The molecule has 4 heteroatoms. The first-order valence-corrected chi connectivity index (χ1v) is 7.34. The molecule has 110 valence electrons. The number of hydrogen-bond donors (Lipinski definition) is 0. The van der Waals surface area contributed by atoms with E-state index in [0.29, 0.717) is 13.0 Å². The number of ether oxygens (including phenoxy) is 1. The molecule has 1 aromatic rings. The van der Waals surface area contributed by atoms with Gasteiger partial charge in [-0.3, -0.25) is 9.78 Å². The normalized spacial score (nSPS) is 15.8. The van der Waals surface area contributed by atoms with E-state index in [1.807, 2.05) is 17.0 Å². The van der Waals surface area contributed by atoms with E-state index in [1.165, 1.54) is 0 Å². The zero-order valence-electron chi connectivity index (χ0n) is 12.7. The van der Waals surface area contributed by atoms with E-state index in [0.717, 1.165) is 37.4 Å². The van der Waals surface area contributed by atoms with Crippen LogP contribution in [0.5, 0.6) is 5.75 Å². The Labute approximate surface area is 121 Å². The molecule has 1 aliphatic rings. The van der Waals surface area contributed by atoms with E-state index in [-0.39, 0.29) is 11.3 Å². The molecule has 1 amide bonds. The molecule has 0 aromatic carbocycles. The minimum atomic E-state index is 0.0641. The second-order valence-electron chi connectivity index (χ2n) is 6.32. The van der Waals surface area contributed by atoms with Gasteiger partial charge in [0.05, 0.1) is 12.8 Å². The highest BCUT2D eigenvalue weighted by atomic mass is 16.5. The van der Waals surface area contributed by atoms with Crippen molar-refractivity contribution in [2.45, 2.75) is 45.4 Å². The van der Waals surface area contributed by atoms with Gasteiger partial charge >= 0.3 is 0 Å². The molecule has 1 fully saturated rings. The summed E-state index contributed by atoms with van der Waals surface area (Å²) in [5.41, 5.74) is 1.13. The maximum absolute atomic E-state index is 11.4. The quantitative estimate of drug-likeness (QED) is 0.777. The molecule has 0 bridgehead atoms. The Bertz CT molecular complexity index is 449. The van der Waals surface area contributed by atoms with Crippen molar-refractivity contribution >= 4 is 5.91 Å². The van der Waals surface area contributed by atoms with Crippen LogP contribution in [0.2, 0.25) is 0 Å². The number of aromatic nitrogens is 1. The second kappa shape index (κ2) is 6.25. The minimum absolute atomic E-state index is 0.0641. The topological polar surface area (TPSA) is 42.4 Å². The minimum Gasteiger partial charge on any atom is -0.492 e. The Balaban J connectivity index is 1.73. The number of carbonyl (C=O) groups is 1. The monoisotopic (exact) mass is 276 g/mol. The summed E-state index contributed by atoms with van der Waals surface area (Å²) in [6, 6.07) is 3.98. The number of pyridine rings is 1. The zero-order chi connectivity index (χ0) is 14.6. The molecule has 0 N–H and O–H groups in total. The van der Waals surface area contributed by atoms with Crippen molar-refractivity contribution in [3.05, 3.63) is 24.0 Å². The van der Waals surface area contributed by atoms with Crippen molar-refractivity contribution in [2.24, 2.45) is 0 Å². The standard InChI is InChI=1S/C16H24N2O2/c1-16(2,3)14-8-7-13(12-17-14)20-11-5-10-18-9-4-6-15(18)19/h7-8,12H,4-6,9-11H2,1-3H3. The third-order valence-corrected chi connectivity index (χ3v) is 3.52. The summed E-state index contributed by atoms with van der Waals surface area (Å²) in [6.45, 7) is 8.75. The summed E-state index contributed by atoms with van der Waals surface area (Å²) in [5, 5.41) is 0. The molecule has 1 saturated heterocycles. The van der Waals surface area contributed by atoms with Crippen LogP contribution < -0.4 is 4.74 Å². The van der Waals surface area contributed by atoms with Crippen molar-refractivity contribution in [1.82, 2.24) is 9.88 Å². The molecule has 0 atom stereocenters. The summed E-state index contributed by atoms with van der Waals surface area (Å²) in [4.78, 5) is 17.8. The Kier molecular flexibility index (Phi) is 4.63. The average molecular weight is 276 g/mol. The summed E-state index contributed by atoms with van der Waals surface area (Å²) in [6.07, 6.45) is 4.35. The van der Waals surface area contributed by atoms with Gasteiger partial charge in [-0.05, 0) is 25.0 Å². The lowest BCUT2D eigenvalue weighted by molar-refractivity contribution is -0.127. The predicted molar refractivity (Wildman–Crippen MR) is 78.9 cm³/mol. The molecule has 1 aromatic heterocycles. The first kappa shape index (κ1) is 14.8. The van der Waals surface area contributed by atoms with Gasteiger partial charge in [0.15, 0.2) is 0 Å². The molecular formula is C16H24N2O2. The van der Waals surface area contributed by atoms with Crippen LogP contribution in [0.1, 0.15) is 45.7 Å². The zero-order valence-corrected chi connectivity index (χ0v) is 12.7. The highest BCUT2D eigenvalue weighted by molar-refractivity contribution is 5.77. The van der Waals surface area contributed by atoms with Gasteiger partial charge in [0.25, 0.3) is 0 Å². The van der Waals surface area contributed by atoms with Crippen molar-refractivity contribution in [2.75, 3.05) is 19.7 Å². The summed E-state index contributed by atoms with van der Waals surface area (Å²) >= 11 is 0. The van der Waals surface area contributed by atoms with Crippen molar-refractivity contribution < 1.29 is 9.53 Å². The third kappa shape index (κ3) is 3.95. The van der Waals surface area contributed by atoms with Gasteiger partial charge < -0.3 is 9.64 Å². The Morgan fingerprint density at radius 1 is 1.35 bits per heavy atom. The van der Waals surface area contributed by atoms with Crippen molar-refractivity contribution in [3.63, 3.8) is 0 Å². The number of carbonyl (C=O) groups excluding carboxylic acids is 1. The average Bonchev–Trinajstić information content (AvgIpc) is 2.80. The van der Waals surface area contributed by atoms with Crippen LogP contribution in [-0.4, -0.2) is 35.5 Å². The Morgan fingerprint density at radius 3 is 2.70 bits per heavy atom. The molecule has 2 rings (SSSR count). The Morgan fingerprint density at radius 2 is 2.15 bits per heavy atom. The molecule has 0 unspecified atom stereocenters. The van der Waals surface area contributed by atoms with Crippen LogP contribution in [-0.2, 0) is 10.2 Å². The van der Waals surface area contributed by atoms with Gasteiger partial charge in [-0.15, -0.1) is 0 Å². The van der Waals surface area contributed by atoms with Gasteiger partial charge in [0.2, 0.25) is 5.91 Å². The Hall–Kier alpha value is -1.58. The van der Waals surface area contributed by atoms with Crippen LogP contribution in [0.4, 0.5) is 0 Å². The fourth-order valence-electron chi connectivity index (χ4n) is 2.30. The van der Waals surface area contributed by atoms with E-state index < -0.39 is 0 Å². The van der Waals surface area contributed by atoms with Gasteiger partial charge in [0, 0.05) is 30.6 Å². The van der Waals surface area contributed by atoms with Crippen LogP contribution in [0, 0.1) is 0 Å². The van der Waals surface area contributed by atoms with Gasteiger partial charge in [-0.2, -0.15) is 0 Å². The molecule has 0 radical (unpaired) electrons. The fraction of sp³-hybridized carbons (Fsp3) is 0.625. The highest BCUT2D eigenvalue weighted by Gasteiger charge is 2.19. The molecule has 0 aliphatic carbocycles. The van der Waals surface area contributed by atoms with E-state index in [1.54, 1.807) is 6.20 Å². The predicted octanol–water partition coefficient (Wildman–Crippen LogP) is 2.77. The maximum atomic E-state index is 11.4. The van der Waals surface area contributed by atoms with Gasteiger partial charge in [-0.1, -0.05) is 20.8 Å². The highest BCUT2D eigenvalue weighted by Crippen LogP contribution is 2.21. The summed E-state index contributed by atoms with van der Waals surface area (Å²) in [5.74, 6) is 1.08. The molecule has 0 saturated carbocycles. The summed E-state index contributed by atoms with van der Waals surface area (Å²) < 4.78 is 5.67. The lowest BCUT2D eigenvalue weighted by atomic mass is 9.92. The van der Waals surface area contributed by atoms with E-state index in [2.05, 4.69) is 25.8 Å². The lowest BCUT2D eigenvalue weighted by Crippen LogP contribution is -2.26. The first-order chi connectivity index (χ1) is 9.47. The summed E-state index contributed by atoms with van der Waals surface area (Å²) in [7, 11) is 0. The SMILES string of the molecule is CC(C)(C)c1ccc(OCCCN2CCCC2=O)cn1.